The molecule has 15 aromatic rings. The van der Waals surface area contributed by atoms with Gasteiger partial charge in [0.1, 0.15) is 30.2 Å². The van der Waals surface area contributed by atoms with Crippen LogP contribution < -0.4 is 26.6 Å². The van der Waals surface area contributed by atoms with Crippen molar-refractivity contribution in [3.05, 3.63) is 461 Å². The van der Waals surface area contributed by atoms with Crippen LogP contribution in [0.25, 0.3) is 0 Å². The minimum absolute atomic E-state index is 0.105. The lowest BCUT2D eigenvalue weighted by Crippen LogP contribution is -2.45. The molecular weight excluding hydrogens is 1860 g/mol. The number of hydrogen-bond donors (Lipinski definition) is 5. The summed E-state index contributed by atoms with van der Waals surface area (Å²) in [6, 6.07) is 100. The van der Waals surface area contributed by atoms with Crippen molar-refractivity contribution in [3.63, 3.8) is 0 Å². The van der Waals surface area contributed by atoms with Crippen LogP contribution in [0.3, 0.4) is 0 Å². The summed E-state index contributed by atoms with van der Waals surface area (Å²) in [7, 11) is 0. The molecule has 0 unspecified atom stereocenters. The summed E-state index contributed by atoms with van der Waals surface area (Å²) in [5, 5.41) is 20.6. The fourth-order valence-corrected chi connectivity index (χ4v) is 19.6. The van der Waals surface area contributed by atoms with Crippen LogP contribution in [0, 0.1) is 6.92 Å². The molecule has 0 aliphatic carbocycles. The maximum atomic E-state index is 13.3. The number of thiazole rings is 3. The van der Waals surface area contributed by atoms with Gasteiger partial charge in [0, 0.05) is 83.1 Å². The van der Waals surface area contributed by atoms with Gasteiger partial charge in [-0.25, -0.2) is 24.5 Å². The molecule has 10 amide bonds. The second-order valence-corrected chi connectivity index (χ2v) is 36.5. The van der Waals surface area contributed by atoms with Crippen molar-refractivity contribution in [2.45, 2.75) is 116 Å². The smallest absolute Gasteiger partial charge is 0.357 e. The minimum atomic E-state index is -0.832. The van der Waals surface area contributed by atoms with Crippen molar-refractivity contribution in [2.75, 3.05) is 29.2 Å². The van der Waals surface area contributed by atoms with Crippen LogP contribution in [-0.2, 0) is 72.6 Å². The van der Waals surface area contributed by atoms with Gasteiger partial charge in [0.15, 0.2) is 26.8 Å². The topological polar surface area (TPSA) is 338 Å². The summed E-state index contributed by atoms with van der Waals surface area (Å²) >= 11 is 3.64. The van der Waals surface area contributed by atoms with Gasteiger partial charge in [-0.15, -0.1) is 34.0 Å². The highest BCUT2D eigenvalue weighted by Gasteiger charge is 2.44. The number of benzene rings is 12. The van der Waals surface area contributed by atoms with E-state index >= 15 is 0 Å². The molecule has 0 saturated heterocycles. The summed E-state index contributed by atoms with van der Waals surface area (Å²) in [5.41, 5.74) is 15.1. The Morgan fingerprint density at radius 3 is 0.832 bits per heavy atom. The first-order chi connectivity index (χ1) is 69.6. The molecule has 7 atom stereocenters. The molecule has 30 heteroatoms. The first kappa shape index (κ1) is 99.2. The first-order valence-corrected chi connectivity index (χ1v) is 49.2. The van der Waals surface area contributed by atoms with Crippen LogP contribution >= 0.6 is 34.0 Å². The highest BCUT2D eigenvalue weighted by molar-refractivity contribution is 7.14. The van der Waals surface area contributed by atoms with E-state index in [-0.39, 0.29) is 100 Å². The van der Waals surface area contributed by atoms with E-state index in [0.29, 0.717) is 77.7 Å². The van der Waals surface area contributed by atoms with Crippen LogP contribution in [0.2, 0.25) is 0 Å². The molecule has 143 heavy (non-hydrogen) atoms. The third kappa shape index (κ3) is 23.7. The standard InChI is InChI=1S/2C24H22N2O2.C23H21N3O4S.C22H19N3O4S.C20H17N3O2S/c2*1-17(18-10-4-2-5-11-18)25-23(27)22(19-12-6-3-7-13-19)26-16-20-14-8-9-15-21(20)24(26)28;1-2-30-22(29)18-14-31-23(24-18)25-20(27)19(12-15-8-4-3-5-9-15)26-13-16-10-6-7-11-17(16)21(26)28;1-2-29-21(28)17-13-30-22(23-17)24-19(26)18(14-8-4-3-5-9-14)25-12-15-10-6-7-11-16(15)20(25)27;1-13-12-26-20(21-13)22-18(24)17(14-7-3-2-4-8-14)23-11-15-9-5-6-10-16(15)19(23)25/h2*2-15,17,22H,16H2,1H3,(H,25,27);3-11,14,19H,2,12-13H2,1H3,(H,24,25,27);3-11,13,18H,2,12H2,1H3,(H,23,24,26);2-10,12,17H,11H2,1H3,(H,21,22,24)/t17-,22+;17-,22-;19-;18-;17-/m10011/s1. The van der Waals surface area contributed by atoms with Gasteiger partial charge in [-0.1, -0.05) is 303 Å². The van der Waals surface area contributed by atoms with E-state index < -0.39 is 48.1 Å². The van der Waals surface area contributed by atoms with Crippen LogP contribution in [0.15, 0.2) is 350 Å². The lowest BCUT2D eigenvalue weighted by atomic mass is 10.0. The van der Waals surface area contributed by atoms with E-state index in [1.165, 1.54) is 22.1 Å². The average Bonchev–Trinajstić information content (AvgIpc) is 1.64. The Morgan fingerprint density at radius 1 is 0.301 bits per heavy atom. The lowest BCUT2D eigenvalue weighted by Gasteiger charge is -2.28. The molecule has 12 aromatic carbocycles. The maximum absolute atomic E-state index is 13.3. The quantitative estimate of drug-likeness (QED) is 0.0299. The number of rotatable bonds is 27. The van der Waals surface area contributed by atoms with Crippen LogP contribution in [0.5, 0.6) is 0 Å². The molecule has 8 heterocycles. The summed E-state index contributed by atoms with van der Waals surface area (Å²) in [4.78, 5) is 175. The van der Waals surface area contributed by atoms with Gasteiger partial charge < -0.3 is 49.9 Å². The monoisotopic (exact) mass is 1960 g/mol. The van der Waals surface area contributed by atoms with Crippen LogP contribution in [0.1, 0.15) is 209 Å². The third-order valence-electron chi connectivity index (χ3n) is 24.5. The molecule has 0 fully saturated rings. The zero-order chi connectivity index (χ0) is 100.0. The van der Waals surface area contributed by atoms with Gasteiger partial charge in [0.05, 0.1) is 31.0 Å². The highest BCUT2D eigenvalue weighted by Crippen LogP contribution is 2.39. The minimum Gasteiger partial charge on any atom is -0.461 e. The Morgan fingerprint density at radius 2 is 0.545 bits per heavy atom. The Bertz CT molecular complexity index is 6940. The zero-order valence-electron chi connectivity index (χ0n) is 78.7. The van der Waals surface area contributed by atoms with Crippen molar-refractivity contribution in [3.8, 4) is 0 Å². The second-order valence-electron chi connectivity index (χ2n) is 34.0. The predicted octanol–water partition coefficient (Wildman–Crippen LogP) is 19.5. The van der Waals surface area contributed by atoms with E-state index in [1.807, 2.05) is 348 Å². The highest BCUT2D eigenvalue weighted by atomic mass is 32.1. The molecular formula is C113H101N13O14S3. The number of carbonyl (C=O) groups is 12. The number of amides is 10. The maximum Gasteiger partial charge on any atom is 0.357 e. The van der Waals surface area contributed by atoms with Gasteiger partial charge in [-0.2, -0.15) is 0 Å². The van der Waals surface area contributed by atoms with Crippen molar-refractivity contribution in [1.29, 1.82) is 0 Å². The molecule has 720 valence electrons. The van der Waals surface area contributed by atoms with Crippen molar-refractivity contribution < 1.29 is 67.0 Å². The number of anilines is 3. The first-order valence-electron chi connectivity index (χ1n) is 46.6. The average molecular weight is 1960 g/mol. The molecule has 5 aliphatic heterocycles. The SMILES string of the molecule is CCOC(=O)c1csc(NC(=O)[C@@H](c2ccccc2)N2Cc3ccccc3C2=O)n1.CCOC(=O)c1csc(NC(=O)[C@H](Cc2ccccc2)N2Cc3ccccc3C2=O)n1.C[C@@H](NC(=O)[C@H](c1ccccc1)N1Cc2ccccc2C1=O)c1ccccc1.C[C@H](NC(=O)[C@H](c1ccccc1)N1Cc2ccccc2C1=O)c1ccccc1.Cc1csc(NC(=O)[C@@H](c2ccccc2)N2Cc3ccccc3C2=O)n1. The number of aryl methyl sites for hydroxylation is 1. The number of nitrogens with one attached hydrogen (secondary N) is 5. The summed E-state index contributed by atoms with van der Waals surface area (Å²) in [5.74, 6) is -3.14. The van der Waals surface area contributed by atoms with Gasteiger partial charge in [-0.3, -0.25) is 58.6 Å². The number of aromatic nitrogens is 3. The number of ether oxygens (including phenoxy) is 2. The largest absolute Gasteiger partial charge is 0.461 e. The number of nitrogens with zero attached hydrogens (tertiary/aromatic N) is 8. The molecule has 0 saturated carbocycles. The fraction of sp³-hybridized carbons (Fsp3) is 0.177. The molecule has 0 bridgehead atoms. The molecule has 0 radical (unpaired) electrons. The summed E-state index contributed by atoms with van der Waals surface area (Å²) < 4.78 is 9.88. The molecule has 20 rings (SSSR count). The van der Waals surface area contributed by atoms with Crippen molar-refractivity contribution in [2.24, 2.45) is 0 Å². The van der Waals surface area contributed by atoms with Crippen molar-refractivity contribution in [1.82, 2.24) is 50.1 Å². The Labute approximate surface area is 838 Å². The molecule has 0 spiro atoms. The van der Waals surface area contributed by atoms with E-state index in [2.05, 4.69) is 41.5 Å². The zero-order valence-corrected chi connectivity index (χ0v) is 81.2. The lowest BCUT2D eigenvalue weighted by molar-refractivity contribution is -0.127. The molecule has 27 nitrogen and oxygen atoms in total. The fourth-order valence-electron chi connectivity index (χ4n) is 17.5. The van der Waals surface area contributed by atoms with Gasteiger partial charge in [-0.05, 0) is 132 Å². The number of hydrogen-bond acceptors (Lipinski definition) is 20. The normalized spacial score (nSPS) is 14.3. The molecule has 3 aromatic heterocycles. The van der Waals surface area contributed by atoms with E-state index in [9.17, 15) is 57.5 Å². The molecule has 5 N–H and O–H groups in total. The van der Waals surface area contributed by atoms with Crippen LogP contribution in [0.4, 0.5) is 15.4 Å². The third-order valence-corrected chi connectivity index (χ3v) is 26.9. The summed E-state index contributed by atoms with van der Waals surface area (Å²) in [6.45, 7) is 11.7. The van der Waals surface area contributed by atoms with Crippen molar-refractivity contribution >= 4 is 120 Å². The van der Waals surface area contributed by atoms with Gasteiger partial charge in [0.25, 0.3) is 41.4 Å². The number of carbonyl (C=O) groups excluding carboxylic acids is 12. The Balaban J connectivity index is 0.000000129. The van der Waals surface area contributed by atoms with Crippen LogP contribution in [-0.4, -0.2) is 130 Å². The Kier molecular flexibility index (Phi) is 32.4. The van der Waals surface area contributed by atoms with E-state index in [4.69, 9.17) is 9.47 Å². The number of esters is 2. The summed E-state index contributed by atoms with van der Waals surface area (Å²) in [6.07, 6.45) is 0.364. The predicted molar refractivity (Wildman–Crippen MR) is 547 cm³/mol. The number of fused-ring (bicyclic) bond motifs is 5. The van der Waals surface area contributed by atoms with E-state index in [0.717, 1.165) is 89.6 Å². The Hall–Kier alpha value is -16.8. The second kappa shape index (κ2) is 46.8. The molecule has 5 aliphatic rings. The van der Waals surface area contributed by atoms with Gasteiger partial charge >= 0.3 is 11.9 Å². The van der Waals surface area contributed by atoms with Gasteiger partial charge in [0.2, 0.25) is 17.7 Å². The van der Waals surface area contributed by atoms with E-state index in [1.54, 1.807) is 50.5 Å².